The molecular weight excluding hydrogens is 284 g/mol. The maximum Gasteiger partial charge on any atom is 0.110 e. The normalized spacial score (nSPS) is 14.9. The van der Waals surface area contributed by atoms with E-state index in [0.29, 0.717) is 18.0 Å². The van der Waals surface area contributed by atoms with Crippen molar-refractivity contribution < 1.29 is 0 Å². The van der Waals surface area contributed by atoms with Gasteiger partial charge in [0.1, 0.15) is 5.01 Å². The Morgan fingerprint density at radius 1 is 1.33 bits per heavy atom. The molecule has 0 saturated heterocycles. The SMILES string of the molecule is CC(c1cccs1)N(C)C(C)c1nc(CCl)cs1. The summed E-state index contributed by atoms with van der Waals surface area (Å²) in [5.41, 5.74) is 0.973. The zero-order valence-electron chi connectivity index (χ0n) is 10.8. The standard InChI is InChI=1S/C13H17ClN2S2/c1-9(12-5-4-6-17-12)16(3)10(2)13-15-11(7-14)8-18-13/h4-6,8-10H,7H2,1-3H3. The molecule has 98 valence electrons. The Balaban J connectivity index is 2.10. The Morgan fingerprint density at radius 2 is 2.11 bits per heavy atom. The fraction of sp³-hybridized carbons (Fsp3) is 0.462. The van der Waals surface area contributed by atoms with Gasteiger partial charge in [-0.15, -0.1) is 34.3 Å². The van der Waals surface area contributed by atoms with Crippen LogP contribution < -0.4 is 0 Å². The number of thiazole rings is 1. The maximum absolute atomic E-state index is 5.80. The van der Waals surface area contributed by atoms with Crippen molar-refractivity contribution in [3.63, 3.8) is 0 Å². The zero-order chi connectivity index (χ0) is 13.1. The Kier molecular flexibility index (Phi) is 4.78. The van der Waals surface area contributed by atoms with Crippen molar-refractivity contribution in [2.45, 2.75) is 31.8 Å². The molecule has 2 aromatic heterocycles. The molecule has 0 amide bonds. The second-order valence-corrected chi connectivity index (χ2v) is 6.48. The van der Waals surface area contributed by atoms with Crippen LogP contribution in [0.1, 0.15) is 41.5 Å². The van der Waals surface area contributed by atoms with E-state index >= 15 is 0 Å². The van der Waals surface area contributed by atoms with E-state index in [1.165, 1.54) is 4.88 Å². The van der Waals surface area contributed by atoms with E-state index in [4.69, 9.17) is 11.6 Å². The van der Waals surface area contributed by atoms with Crippen LogP contribution in [0, 0.1) is 0 Å². The molecule has 0 N–H and O–H groups in total. The van der Waals surface area contributed by atoms with Crippen LogP contribution in [-0.4, -0.2) is 16.9 Å². The third-order valence-corrected chi connectivity index (χ3v) is 5.62. The van der Waals surface area contributed by atoms with Gasteiger partial charge in [0.05, 0.1) is 17.6 Å². The molecule has 0 aliphatic carbocycles. The van der Waals surface area contributed by atoms with Gasteiger partial charge in [0.15, 0.2) is 0 Å². The molecule has 2 rings (SSSR count). The number of halogens is 1. The highest BCUT2D eigenvalue weighted by atomic mass is 35.5. The van der Waals surface area contributed by atoms with Crippen molar-refractivity contribution in [1.29, 1.82) is 0 Å². The summed E-state index contributed by atoms with van der Waals surface area (Å²) in [6.07, 6.45) is 0. The molecule has 0 spiro atoms. The van der Waals surface area contributed by atoms with Crippen LogP contribution >= 0.6 is 34.3 Å². The van der Waals surface area contributed by atoms with Gasteiger partial charge in [0.2, 0.25) is 0 Å². The Morgan fingerprint density at radius 3 is 2.67 bits per heavy atom. The summed E-state index contributed by atoms with van der Waals surface area (Å²) in [6, 6.07) is 5.00. The van der Waals surface area contributed by atoms with E-state index in [1.54, 1.807) is 22.7 Å². The van der Waals surface area contributed by atoms with E-state index < -0.39 is 0 Å². The molecule has 0 fully saturated rings. The molecule has 5 heteroatoms. The second-order valence-electron chi connectivity index (χ2n) is 4.34. The van der Waals surface area contributed by atoms with Gasteiger partial charge in [0.25, 0.3) is 0 Å². The van der Waals surface area contributed by atoms with Gasteiger partial charge in [-0.25, -0.2) is 4.98 Å². The minimum absolute atomic E-state index is 0.309. The predicted octanol–water partition coefficient (Wildman–Crippen LogP) is 4.70. The van der Waals surface area contributed by atoms with E-state index in [0.717, 1.165) is 10.7 Å². The number of hydrogen-bond acceptors (Lipinski definition) is 4. The average molecular weight is 301 g/mol. The first-order valence-electron chi connectivity index (χ1n) is 5.89. The Hall–Kier alpha value is -0.420. The third-order valence-electron chi connectivity index (χ3n) is 3.24. The molecule has 0 aromatic carbocycles. The fourth-order valence-electron chi connectivity index (χ4n) is 1.82. The largest absolute Gasteiger partial charge is 0.290 e. The van der Waals surface area contributed by atoms with Crippen LogP contribution in [0.25, 0.3) is 0 Å². The molecule has 0 aliphatic heterocycles. The van der Waals surface area contributed by atoms with Crippen molar-refractivity contribution in [2.75, 3.05) is 7.05 Å². The van der Waals surface area contributed by atoms with Crippen molar-refractivity contribution in [1.82, 2.24) is 9.88 Å². The van der Waals surface area contributed by atoms with Crippen molar-refractivity contribution in [3.05, 3.63) is 38.5 Å². The molecule has 2 aromatic rings. The molecule has 0 aliphatic rings. The van der Waals surface area contributed by atoms with E-state index in [1.807, 2.05) is 5.38 Å². The molecule has 2 heterocycles. The summed E-state index contributed by atoms with van der Waals surface area (Å²) in [6.45, 7) is 4.43. The third kappa shape index (κ3) is 2.94. The Labute approximate surface area is 121 Å². The first-order valence-corrected chi connectivity index (χ1v) is 8.18. The minimum Gasteiger partial charge on any atom is -0.290 e. The van der Waals surface area contributed by atoms with Crippen LogP contribution in [0.2, 0.25) is 0 Å². The first kappa shape index (κ1) is 14.0. The summed E-state index contributed by atoms with van der Waals surface area (Å²) in [5.74, 6) is 0.493. The minimum atomic E-state index is 0.309. The fourth-order valence-corrected chi connectivity index (χ4v) is 3.80. The number of alkyl halides is 1. The number of nitrogens with zero attached hydrogens (tertiary/aromatic N) is 2. The van der Waals surface area contributed by atoms with E-state index in [9.17, 15) is 0 Å². The van der Waals surface area contributed by atoms with Crippen molar-refractivity contribution in [3.8, 4) is 0 Å². The first-order chi connectivity index (χ1) is 8.63. The monoisotopic (exact) mass is 300 g/mol. The highest BCUT2D eigenvalue weighted by Crippen LogP contribution is 2.32. The second kappa shape index (κ2) is 6.15. The smallest absolute Gasteiger partial charge is 0.110 e. The van der Waals surface area contributed by atoms with Gasteiger partial charge in [-0.3, -0.25) is 4.90 Å². The molecule has 0 radical (unpaired) electrons. The lowest BCUT2D eigenvalue weighted by molar-refractivity contribution is 0.201. The molecular formula is C13H17ClN2S2. The van der Waals surface area contributed by atoms with Crippen LogP contribution in [-0.2, 0) is 5.88 Å². The summed E-state index contributed by atoms with van der Waals surface area (Å²) in [4.78, 5) is 8.30. The predicted molar refractivity (Wildman–Crippen MR) is 80.6 cm³/mol. The van der Waals surface area contributed by atoms with Gasteiger partial charge in [-0.1, -0.05) is 6.07 Å². The number of aromatic nitrogens is 1. The number of thiophene rings is 1. The van der Waals surface area contributed by atoms with Gasteiger partial charge >= 0.3 is 0 Å². The number of hydrogen-bond donors (Lipinski definition) is 0. The van der Waals surface area contributed by atoms with Gasteiger partial charge in [-0.2, -0.15) is 0 Å². The quantitative estimate of drug-likeness (QED) is 0.744. The van der Waals surface area contributed by atoms with Crippen molar-refractivity contribution >= 4 is 34.3 Å². The average Bonchev–Trinajstić information content (AvgIpc) is 3.06. The molecule has 2 atom stereocenters. The topological polar surface area (TPSA) is 16.1 Å². The summed E-state index contributed by atoms with van der Waals surface area (Å²) in [5, 5.41) is 5.30. The Bertz CT molecular complexity index is 481. The highest BCUT2D eigenvalue weighted by Gasteiger charge is 2.21. The van der Waals surface area contributed by atoms with Crippen LogP contribution in [0.4, 0.5) is 0 Å². The molecule has 0 saturated carbocycles. The maximum atomic E-state index is 5.80. The molecule has 2 unspecified atom stereocenters. The summed E-state index contributed by atoms with van der Waals surface area (Å²) >= 11 is 9.29. The van der Waals surface area contributed by atoms with Crippen LogP contribution in [0.15, 0.2) is 22.9 Å². The summed E-state index contributed by atoms with van der Waals surface area (Å²) < 4.78 is 0. The lowest BCUT2D eigenvalue weighted by Crippen LogP contribution is -2.25. The lowest BCUT2D eigenvalue weighted by Gasteiger charge is -2.28. The van der Waals surface area contributed by atoms with Gasteiger partial charge in [-0.05, 0) is 32.3 Å². The lowest BCUT2D eigenvalue weighted by atomic mass is 10.2. The number of rotatable bonds is 5. The van der Waals surface area contributed by atoms with Crippen molar-refractivity contribution in [2.24, 2.45) is 0 Å². The molecule has 0 bridgehead atoms. The highest BCUT2D eigenvalue weighted by molar-refractivity contribution is 7.10. The van der Waals surface area contributed by atoms with Gasteiger partial charge < -0.3 is 0 Å². The van der Waals surface area contributed by atoms with Crippen LogP contribution in [0.3, 0.4) is 0 Å². The van der Waals surface area contributed by atoms with E-state index in [2.05, 4.69) is 48.3 Å². The van der Waals surface area contributed by atoms with Gasteiger partial charge in [0, 0.05) is 16.3 Å². The zero-order valence-corrected chi connectivity index (χ0v) is 13.1. The van der Waals surface area contributed by atoms with E-state index in [-0.39, 0.29) is 0 Å². The summed E-state index contributed by atoms with van der Waals surface area (Å²) in [7, 11) is 2.15. The molecule has 18 heavy (non-hydrogen) atoms. The molecule has 2 nitrogen and oxygen atoms in total. The van der Waals surface area contributed by atoms with Crippen LogP contribution in [0.5, 0.6) is 0 Å².